The zero-order valence-electron chi connectivity index (χ0n) is 21.5. The molecule has 2 N–H and O–H groups in total. The fourth-order valence-corrected chi connectivity index (χ4v) is 7.97. The van der Waals surface area contributed by atoms with Gasteiger partial charge in [0.1, 0.15) is 28.0 Å². The van der Waals surface area contributed by atoms with Crippen molar-refractivity contribution in [2.75, 3.05) is 16.4 Å². The highest BCUT2D eigenvalue weighted by molar-refractivity contribution is 7.91. The van der Waals surface area contributed by atoms with E-state index < -0.39 is 21.5 Å². The zero-order valence-corrected chi connectivity index (χ0v) is 23.2. The lowest BCUT2D eigenvalue weighted by Gasteiger charge is -2.18. The molecule has 12 heteroatoms. The number of hydrogen-bond donors (Lipinski definition) is 2. The highest BCUT2D eigenvalue weighted by Gasteiger charge is 2.32. The number of anilines is 2. The molecule has 2 aliphatic carbocycles. The Balaban J connectivity index is 1.26. The molecule has 0 bridgehead atoms. The van der Waals surface area contributed by atoms with E-state index in [1.165, 1.54) is 0 Å². The van der Waals surface area contributed by atoms with Gasteiger partial charge >= 0.3 is 0 Å². The number of hydrogen-bond acceptors (Lipinski definition) is 9. The van der Waals surface area contributed by atoms with Crippen molar-refractivity contribution in [2.45, 2.75) is 62.9 Å². The smallest absolute Gasteiger partial charge is 0.225 e. The van der Waals surface area contributed by atoms with Crippen LogP contribution in [0.5, 0.6) is 0 Å². The largest absolute Gasteiger partial charge is 0.367 e. The Morgan fingerprint density at radius 1 is 0.949 bits per heavy atom. The van der Waals surface area contributed by atoms with Gasteiger partial charge in [0.05, 0.1) is 32.3 Å². The summed E-state index contributed by atoms with van der Waals surface area (Å²) in [6, 6.07) is 4.74. The van der Waals surface area contributed by atoms with Gasteiger partial charge in [-0.2, -0.15) is 4.98 Å². The number of pyridine rings is 1. The van der Waals surface area contributed by atoms with Crippen LogP contribution in [0.1, 0.15) is 43.5 Å². The fourth-order valence-electron chi connectivity index (χ4n) is 5.16. The lowest BCUT2D eigenvalue weighted by atomic mass is 10.1. The van der Waals surface area contributed by atoms with E-state index in [9.17, 15) is 17.2 Å². The molecule has 0 radical (unpaired) electrons. The normalized spacial score (nSPS) is 19.5. The molecule has 2 unspecified atom stereocenters. The number of aryl methyl sites for hydroxylation is 2. The number of nitrogens with zero attached hydrogens (tertiary/aromatic N) is 4. The summed E-state index contributed by atoms with van der Waals surface area (Å²) in [6.07, 6.45) is 5.96. The van der Waals surface area contributed by atoms with Crippen LogP contribution in [-0.2, 0) is 9.84 Å². The minimum absolute atomic E-state index is 0.0194. The molecule has 2 saturated carbocycles. The Kier molecular flexibility index (Phi) is 6.70. The second-order valence-electron chi connectivity index (χ2n) is 10.4. The monoisotopic (exact) mass is 570 g/mol. The van der Waals surface area contributed by atoms with Gasteiger partial charge in [-0.3, -0.25) is 4.98 Å². The van der Waals surface area contributed by atoms with Gasteiger partial charge < -0.3 is 10.6 Å². The van der Waals surface area contributed by atoms with Crippen molar-refractivity contribution in [3.63, 3.8) is 0 Å². The van der Waals surface area contributed by atoms with E-state index >= 15 is 0 Å². The molecule has 0 amide bonds. The van der Waals surface area contributed by atoms with Gasteiger partial charge in [-0.05, 0) is 70.1 Å². The minimum Gasteiger partial charge on any atom is -0.367 e. The maximum absolute atomic E-state index is 13.7. The van der Waals surface area contributed by atoms with Crippen LogP contribution in [0.2, 0.25) is 0 Å². The molecule has 2 atom stereocenters. The number of rotatable bonds is 8. The summed E-state index contributed by atoms with van der Waals surface area (Å²) in [6.45, 7) is 3.88. The highest BCUT2D eigenvalue weighted by Crippen LogP contribution is 2.39. The summed E-state index contributed by atoms with van der Waals surface area (Å²) in [5, 5.41) is 7.73. The van der Waals surface area contributed by atoms with Gasteiger partial charge in [0.2, 0.25) is 5.95 Å². The summed E-state index contributed by atoms with van der Waals surface area (Å²) in [5.41, 5.74) is 3.32. The third-order valence-corrected chi connectivity index (χ3v) is 10.1. The zero-order chi connectivity index (χ0) is 27.3. The lowest BCUT2D eigenvalue weighted by molar-refractivity contribution is 0.547. The van der Waals surface area contributed by atoms with Gasteiger partial charge in [0, 0.05) is 24.3 Å². The molecule has 204 valence electrons. The average molecular weight is 571 g/mol. The van der Waals surface area contributed by atoms with Crippen molar-refractivity contribution in [3.8, 4) is 10.6 Å². The molecule has 39 heavy (non-hydrogen) atoms. The molecule has 4 aromatic rings. The van der Waals surface area contributed by atoms with Crippen LogP contribution in [0.25, 0.3) is 20.8 Å². The molecule has 0 spiro atoms. The Hall–Kier alpha value is -3.25. The van der Waals surface area contributed by atoms with Crippen LogP contribution in [0.3, 0.4) is 0 Å². The maximum atomic E-state index is 13.7. The molecule has 1 aromatic carbocycles. The second-order valence-corrected chi connectivity index (χ2v) is 13.5. The van der Waals surface area contributed by atoms with E-state index in [4.69, 9.17) is 15.0 Å². The molecular formula is C27H28F2N6O2S2. The van der Waals surface area contributed by atoms with Gasteiger partial charge in [-0.25, -0.2) is 27.2 Å². The van der Waals surface area contributed by atoms with Crippen LogP contribution >= 0.6 is 11.3 Å². The predicted octanol–water partition coefficient (Wildman–Crippen LogP) is 5.67. The fraction of sp³-hybridized carbons (Fsp3) is 0.407. The summed E-state index contributed by atoms with van der Waals surface area (Å²) < 4.78 is 54.2. The number of sulfone groups is 1. The molecule has 0 saturated heterocycles. The molecule has 3 aromatic heterocycles. The van der Waals surface area contributed by atoms with Crippen molar-refractivity contribution in [1.82, 2.24) is 19.9 Å². The molecule has 0 aliphatic heterocycles. The first-order chi connectivity index (χ1) is 18.6. The first kappa shape index (κ1) is 26.0. The number of halogens is 2. The van der Waals surface area contributed by atoms with Gasteiger partial charge in [-0.15, -0.1) is 11.3 Å². The number of thiazole rings is 1. The lowest BCUT2D eigenvalue weighted by Crippen LogP contribution is -2.21. The maximum Gasteiger partial charge on any atom is 0.225 e. The quantitative estimate of drug-likeness (QED) is 0.279. The van der Waals surface area contributed by atoms with Crippen molar-refractivity contribution in [1.29, 1.82) is 0 Å². The standard InChI is InChI=1S/C27H28F2N6O2S2/c1-14-23(26-34-24-15(2)30-8-7-22(24)38-26)25(35-27(31-14)33-19-5-6-19)32-20-4-3-16(9-20)13-39(36,37)21-11-17(28)10-18(29)12-21/h7-8,10-12,16,19-20H,3-6,9,13H2,1-2H3,(H2,31,32,33,35). The average Bonchev–Trinajstić information content (AvgIpc) is 3.38. The van der Waals surface area contributed by atoms with Crippen LogP contribution in [0, 0.1) is 31.4 Å². The summed E-state index contributed by atoms with van der Waals surface area (Å²) in [4.78, 5) is 18.5. The number of fused-ring (bicyclic) bond motifs is 1. The van der Waals surface area contributed by atoms with Crippen molar-refractivity contribution in [2.24, 2.45) is 5.92 Å². The minimum atomic E-state index is -3.83. The molecule has 2 fully saturated rings. The highest BCUT2D eigenvalue weighted by atomic mass is 32.2. The third-order valence-electron chi connectivity index (χ3n) is 7.24. The van der Waals surface area contributed by atoms with Crippen LogP contribution in [0.15, 0.2) is 35.4 Å². The first-order valence-electron chi connectivity index (χ1n) is 13.0. The Morgan fingerprint density at radius 2 is 1.69 bits per heavy atom. The Bertz CT molecular complexity index is 1650. The molecule has 2 aliphatic rings. The van der Waals surface area contributed by atoms with Crippen LogP contribution in [-0.4, -0.2) is 46.2 Å². The molecular weight excluding hydrogens is 542 g/mol. The van der Waals surface area contributed by atoms with Gasteiger partial charge in [-0.1, -0.05) is 0 Å². The van der Waals surface area contributed by atoms with Gasteiger partial charge in [0.15, 0.2) is 9.84 Å². The summed E-state index contributed by atoms with van der Waals surface area (Å²) in [7, 11) is -3.83. The van der Waals surface area contributed by atoms with Crippen molar-refractivity contribution < 1.29 is 17.2 Å². The Morgan fingerprint density at radius 3 is 2.41 bits per heavy atom. The SMILES string of the molecule is Cc1nc(NC2CC2)nc(NC2CCC(CS(=O)(=O)c3cc(F)cc(F)c3)C2)c1-c1nc2c(C)nccc2s1. The summed E-state index contributed by atoms with van der Waals surface area (Å²) in [5.74, 6) is -0.889. The predicted molar refractivity (Wildman–Crippen MR) is 148 cm³/mol. The summed E-state index contributed by atoms with van der Waals surface area (Å²) >= 11 is 1.56. The number of nitrogens with one attached hydrogen (secondary N) is 2. The van der Waals surface area contributed by atoms with E-state index in [2.05, 4.69) is 15.6 Å². The first-order valence-corrected chi connectivity index (χ1v) is 15.4. The number of aromatic nitrogens is 4. The number of benzene rings is 1. The van der Waals surface area contributed by atoms with E-state index in [1.807, 2.05) is 19.9 Å². The van der Waals surface area contributed by atoms with Gasteiger partial charge in [0.25, 0.3) is 0 Å². The Labute approximate surface area is 229 Å². The van der Waals surface area contributed by atoms with Crippen molar-refractivity contribution >= 4 is 43.2 Å². The van der Waals surface area contributed by atoms with Crippen LogP contribution in [0.4, 0.5) is 20.5 Å². The van der Waals surface area contributed by atoms with E-state index in [0.29, 0.717) is 36.7 Å². The molecule has 8 nitrogen and oxygen atoms in total. The van der Waals surface area contributed by atoms with E-state index in [-0.39, 0.29) is 22.6 Å². The molecule has 6 rings (SSSR count). The van der Waals surface area contributed by atoms with E-state index in [1.54, 1.807) is 17.5 Å². The molecule has 3 heterocycles. The second kappa shape index (κ2) is 10.1. The topological polar surface area (TPSA) is 110 Å². The van der Waals surface area contributed by atoms with E-state index in [0.717, 1.165) is 63.6 Å². The van der Waals surface area contributed by atoms with Crippen LogP contribution < -0.4 is 10.6 Å². The van der Waals surface area contributed by atoms with Crippen molar-refractivity contribution in [3.05, 3.63) is 53.5 Å². The third kappa shape index (κ3) is 5.58.